The Kier molecular flexibility index (Phi) is 4.14. The molecule has 0 radical (unpaired) electrons. The molecule has 122 valence electrons. The Balaban J connectivity index is 1.82. The molecule has 0 aromatic heterocycles. The van der Waals surface area contributed by atoms with Crippen LogP contribution in [0.25, 0.3) is 0 Å². The first-order chi connectivity index (χ1) is 10.7. The summed E-state index contributed by atoms with van der Waals surface area (Å²) in [6.45, 7) is 5.60. The van der Waals surface area contributed by atoms with Crippen LogP contribution in [0.15, 0.2) is 54.6 Å². The lowest BCUT2D eigenvalue weighted by Crippen LogP contribution is -2.41. The first-order valence-electron chi connectivity index (χ1n) is 7.57. The monoisotopic (exact) mass is 348 g/mol. The highest BCUT2D eigenvalue weighted by Gasteiger charge is 2.53. The van der Waals surface area contributed by atoms with Gasteiger partial charge in [-0.1, -0.05) is 18.2 Å². The molecular weight excluding hydrogens is 327 g/mol. The smallest absolute Gasteiger partial charge is 0.220 e. The van der Waals surface area contributed by atoms with Gasteiger partial charge in [-0.05, 0) is 75.9 Å². The zero-order valence-electron chi connectivity index (χ0n) is 13.8. The summed E-state index contributed by atoms with van der Waals surface area (Å²) in [5.41, 5.74) is -0.830. The van der Waals surface area contributed by atoms with E-state index in [9.17, 15) is 0 Å². The predicted octanol–water partition coefficient (Wildman–Crippen LogP) is 5.02. The maximum Gasteiger partial charge on any atom is 0.220 e. The molecule has 1 aliphatic rings. The minimum Gasteiger partial charge on any atom is -0.457 e. The van der Waals surface area contributed by atoms with Crippen LogP contribution in [-0.4, -0.2) is 11.2 Å². The lowest BCUT2D eigenvalue weighted by Gasteiger charge is -2.29. The molecule has 23 heavy (non-hydrogen) atoms. The number of rotatable bonds is 3. The van der Waals surface area contributed by atoms with Crippen molar-refractivity contribution in [2.45, 2.75) is 38.9 Å². The lowest BCUT2D eigenvalue weighted by atomic mass is 9.90. The van der Waals surface area contributed by atoms with Crippen molar-refractivity contribution in [3.63, 3.8) is 0 Å². The van der Waals surface area contributed by atoms with Crippen LogP contribution in [-0.2, 0) is 20.9 Å². The largest absolute Gasteiger partial charge is 0.457 e. The van der Waals surface area contributed by atoms with Gasteiger partial charge in [-0.25, -0.2) is 0 Å². The minimum absolute atomic E-state index is 0.415. The summed E-state index contributed by atoms with van der Waals surface area (Å²) in [6, 6.07) is 17.4. The van der Waals surface area contributed by atoms with Crippen molar-refractivity contribution in [2.75, 3.05) is 0 Å². The van der Waals surface area contributed by atoms with Gasteiger partial charge in [-0.3, -0.25) is 0 Å². The van der Waals surface area contributed by atoms with E-state index in [-0.39, 0.29) is 0 Å². The summed E-state index contributed by atoms with van der Waals surface area (Å²) in [7, 11) is 0. The maximum atomic E-state index is 6.16. The van der Waals surface area contributed by atoms with Crippen LogP contribution in [0.3, 0.4) is 0 Å². The molecule has 0 unspecified atom stereocenters. The van der Waals surface area contributed by atoms with E-state index >= 15 is 0 Å². The highest BCUT2D eigenvalue weighted by molar-refractivity contribution is 8.13. The van der Waals surface area contributed by atoms with E-state index in [2.05, 4.69) is 0 Å². The first kappa shape index (κ1) is 16.7. The van der Waals surface area contributed by atoms with E-state index in [4.69, 9.17) is 25.6 Å². The Hall–Kier alpha value is -1.19. The number of hydrogen-bond donors (Lipinski definition) is 0. The van der Waals surface area contributed by atoms with Crippen molar-refractivity contribution in [1.29, 1.82) is 0 Å². The Morgan fingerprint density at radius 1 is 0.783 bits per heavy atom. The maximum absolute atomic E-state index is 6.16. The fourth-order valence-electron chi connectivity index (χ4n) is 2.27. The van der Waals surface area contributed by atoms with Gasteiger partial charge in [0, 0.05) is 5.30 Å². The van der Waals surface area contributed by atoms with Gasteiger partial charge in [0.05, 0.1) is 11.2 Å². The van der Waals surface area contributed by atoms with Crippen molar-refractivity contribution >= 4 is 23.6 Å². The van der Waals surface area contributed by atoms with Crippen LogP contribution in [0.5, 0.6) is 11.5 Å². The van der Waals surface area contributed by atoms with Gasteiger partial charge in [-0.15, -0.1) is 0 Å². The quantitative estimate of drug-likeness (QED) is 0.728. The fourth-order valence-corrected chi connectivity index (χ4v) is 6.15. The summed E-state index contributed by atoms with van der Waals surface area (Å²) in [4.78, 5) is 0. The normalized spacial score (nSPS) is 21.0. The van der Waals surface area contributed by atoms with E-state index in [1.165, 1.54) is 0 Å². The summed E-state index contributed by atoms with van der Waals surface area (Å²) in [5, 5.41) is 0.909. The molecule has 1 saturated heterocycles. The highest BCUT2D eigenvalue weighted by atomic mass is 32.5. The SMILES string of the molecule is CC1(C)OP(=S)(c2ccc(Oc3ccccc3)cc2)OC1(C)C. The van der Waals surface area contributed by atoms with Crippen LogP contribution in [0.4, 0.5) is 0 Å². The molecule has 3 rings (SSSR count). The van der Waals surface area contributed by atoms with Crippen LogP contribution in [0.2, 0.25) is 0 Å². The number of para-hydroxylation sites is 1. The third kappa shape index (κ3) is 3.22. The number of ether oxygens (including phenoxy) is 1. The molecule has 0 atom stereocenters. The second kappa shape index (κ2) is 5.71. The lowest BCUT2D eigenvalue weighted by molar-refractivity contribution is 0.00578. The van der Waals surface area contributed by atoms with Gasteiger partial charge in [0.2, 0.25) is 6.49 Å². The average Bonchev–Trinajstić information content (AvgIpc) is 2.65. The Morgan fingerprint density at radius 3 is 1.78 bits per heavy atom. The average molecular weight is 348 g/mol. The second-order valence-electron chi connectivity index (χ2n) is 6.61. The van der Waals surface area contributed by atoms with Gasteiger partial charge >= 0.3 is 0 Å². The molecule has 5 heteroatoms. The van der Waals surface area contributed by atoms with Gasteiger partial charge in [0.1, 0.15) is 11.5 Å². The summed E-state index contributed by atoms with van der Waals surface area (Å²) < 4.78 is 18.1. The standard InChI is InChI=1S/C18H21O3PS/c1-17(2)18(3,4)21-22(23,20-17)16-12-10-15(11-13-16)19-14-8-6-5-7-9-14/h5-13H,1-4H3. The molecule has 0 saturated carbocycles. The Bertz CT molecular complexity index is 719. The van der Waals surface area contributed by atoms with Crippen molar-refractivity contribution in [2.24, 2.45) is 0 Å². The van der Waals surface area contributed by atoms with Crippen molar-refractivity contribution in [3.8, 4) is 11.5 Å². The van der Waals surface area contributed by atoms with Crippen LogP contribution >= 0.6 is 6.49 Å². The molecule has 1 heterocycles. The number of hydrogen-bond acceptors (Lipinski definition) is 4. The molecule has 0 amide bonds. The molecule has 1 aliphatic heterocycles. The van der Waals surface area contributed by atoms with Crippen LogP contribution < -0.4 is 10.0 Å². The highest BCUT2D eigenvalue weighted by Crippen LogP contribution is 2.63. The molecular formula is C18H21O3PS. The van der Waals surface area contributed by atoms with Crippen LogP contribution in [0, 0.1) is 0 Å². The zero-order chi connectivity index (χ0) is 16.7. The van der Waals surface area contributed by atoms with Gasteiger partial charge in [0.25, 0.3) is 0 Å². The Morgan fingerprint density at radius 2 is 1.26 bits per heavy atom. The third-order valence-electron chi connectivity index (χ3n) is 4.28. The molecule has 0 aliphatic carbocycles. The third-order valence-corrected chi connectivity index (χ3v) is 7.68. The van der Waals surface area contributed by atoms with Crippen molar-refractivity contribution in [1.82, 2.24) is 0 Å². The van der Waals surface area contributed by atoms with Gasteiger partial charge in [-0.2, -0.15) is 0 Å². The predicted molar refractivity (Wildman–Crippen MR) is 97.2 cm³/mol. The van der Waals surface area contributed by atoms with Crippen molar-refractivity contribution < 1.29 is 13.8 Å². The van der Waals surface area contributed by atoms with Gasteiger partial charge in [0.15, 0.2) is 0 Å². The van der Waals surface area contributed by atoms with E-state index in [1.807, 2.05) is 82.3 Å². The number of benzene rings is 2. The fraction of sp³-hybridized carbons (Fsp3) is 0.333. The molecule has 0 bridgehead atoms. The molecule has 2 aromatic carbocycles. The molecule has 0 spiro atoms. The molecule has 1 fully saturated rings. The zero-order valence-corrected chi connectivity index (χ0v) is 15.5. The van der Waals surface area contributed by atoms with Crippen LogP contribution in [0.1, 0.15) is 27.7 Å². The van der Waals surface area contributed by atoms with E-state index < -0.39 is 17.7 Å². The second-order valence-corrected chi connectivity index (χ2v) is 9.93. The first-order valence-corrected chi connectivity index (χ1v) is 10.2. The van der Waals surface area contributed by atoms with E-state index in [0.717, 1.165) is 16.8 Å². The van der Waals surface area contributed by atoms with Crippen molar-refractivity contribution in [3.05, 3.63) is 54.6 Å². The van der Waals surface area contributed by atoms with E-state index in [1.54, 1.807) is 0 Å². The summed E-state index contributed by atoms with van der Waals surface area (Å²) >= 11 is 5.73. The molecule has 0 N–H and O–H groups in total. The molecule has 2 aromatic rings. The van der Waals surface area contributed by atoms with E-state index in [0.29, 0.717) is 0 Å². The summed E-state index contributed by atoms with van der Waals surface area (Å²) in [5.74, 6) is 1.57. The summed E-state index contributed by atoms with van der Waals surface area (Å²) in [6.07, 6.45) is 0. The van der Waals surface area contributed by atoms with Gasteiger partial charge < -0.3 is 13.8 Å². The molecule has 3 nitrogen and oxygen atoms in total. The topological polar surface area (TPSA) is 27.7 Å². The Labute approximate surface area is 142 Å². The minimum atomic E-state index is -2.49.